The molecule has 0 aliphatic carbocycles. The van der Waals surface area contributed by atoms with Crippen LogP contribution in [0.5, 0.6) is 11.8 Å². The van der Waals surface area contributed by atoms with E-state index >= 15 is 0 Å². The molecule has 44 heavy (non-hydrogen) atoms. The molecule has 1 amide bonds. The topological polar surface area (TPSA) is 80.3 Å². The van der Waals surface area contributed by atoms with Crippen LogP contribution in [0.3, 0.4) is 0 Å². The fraction of sp³-hybridized carbons (Fsp3) is 0.645. The summed E-state index contributed by atoms with van der Waals surface area (Å²) in [5, 5.41) is 0.559. The maximum Gasteiger partial charge on any atom is 0.422 e. The number of alkyl halides is 3. The highest BCUT2D eigenvalue weighted by Crippen LogP contribution is 2.45. The third-order valence-corrected chi connectivity index (χ3v) is 9.41. The number of halogens is 4. The zero-order chi connectivity index (χ0) is 32.0. The Morgan fingerprint density at radius 1 is 1.18 bits per heavy atom. The van der Waals surface area contributed by atoms with E-state index in [0.29, 0.717) is 47.4 Å². The van der Waals surface area contributed by atoms with Crippen LogP contribution in [0.1, 0.15) is 52.5 Å². The lowest BCUT2D eigenvalue weighted by Gasteiger charge is -2.53. The number of amides is 1. The minimum atomic E-state index is -4.54. The van der Waals surface area contributed by atoms with Crippen molar-refractivity contribution >= 4 is 44.8 Å². The molecular formula is C31H41BrF3N5O4. The smallest absolute Gasteiger partial charge is 0.422 e. The van der Waals surface area contributed by atoms with Crippen molar-refractivity contribution in [1.29, 1.82) is 0 Å². The highest BCUT2D eigenvalue weighted by atomic mass is 79.9. The van der Waals surface area contributed by atoms with Crippen molar-refractivity contribution in [3.05, 3.63) is 22.7 Å². The lowest BCUT2D eigenvalue weighted by molar-refractivity contribution is -0.153. The van der Waals surface area contributed by atoms with E-state index < -0.39 is 18.4 Å². The van der Waals surface area contributed by atoms with Gasteiger partial charge >= 0.3 is 18.3 Å². The van der Waals surface area contributed by atoms with Crippen LogP contribution in [-0.4, -0.2) is 96.7 Å². The summed E-state index contributed by atoms with van der Waals surface area (Å²) in [5.74, 6) is 0.769. The molecule has 1 spiro atoms. The van der Waals surface area contributed by atoms with Gasteiger partial charge in [0.1, 0.15) is 23.0 Å². The second-order valence-electron chi connectivity index (χ2n) is 13.5. The Labute approximate surface area is 264 Å². The third kappa shape index (κ3) is 7.19. The minimum absolute atomic E-state index is 0.00455. The van der Waals surface area contributed by atoms with Crippen molar-refractivity contribution in [3.63, 3.8) is 0 Å². The molecule has 9 nitrogen and oxygen atoms in total. The van der Waals surface area contributed by atoms with E-state index in [1.807, 2.05) is 26.8 Å². The van der Waals surface area contributed by atoms with Crippen LogP contribution < -0.4 is 14.4 Å². The number of fused-ring (bicyclic) bond motifs is 1. The zero-order valence-corrected chi connectivity index (χ0v) is 27.6. The van der Waals surface area contributed by atoms with Crippen LogP contribution in [0.15, 0.2) is 17.1 Å². The van der Waals surface area contributed by atoms with Crippen molar-refractivity contribution in [2.24, 2.45) is 11.3 Å². The molecule has 0 radical (unpaired) electrons. The first-order chi connectivity index (χ1) is 20.6. The van der Waals surface area contributed by atoms with E-state index in [0.717, 1.165) is 32.4 Å². The molecular weight excluding hydrogens is 643 g/mol. The van der Waals surface area contributed by atoms with Crippen LogP contribution in [0.4, 0.5) is 23.8 Å². The number of benzene rings is 1. The fourth-order valence-electron chi connectivity index (χ4n) is 6.30. The summed E-state index contributed by atoms with van der Waals surface area (Å²) in [6.07, 6.45) is -0.984. The molecule has 1 aromatic carbocycles. The van der Waals surface area contributed by atoms with Gasteiger partial charge in [-0.25, -0.2) is 4.79 Å². The van der Waals surface area contributed by atoms with E-state index in [1.165, 1.54) is 0 Å². The van der Waals surface area contributed by atoms with Crippen molar-refractivity contribution < 1.29 is 32.2 Å². The average Bonchev–Trinajstić information content (AvgIpc) is 2.90. The van der Waals surface area contributed by atoms with Gasteiger partial charge in [0.2, 0.25) is 0 Å². The molecule has 2 unspecified atom stereocenters. The maximum absolute atomic E-state index is 13.3. The molecule has 13 heteroatoms. The Balaban J connectivity index is 1.46. The number of rotatable bonds is 6. The van der Waals surface area contributed by atoms with Gasteiger partial charge in [-0.2, -0.15) is 23.1 Å². The predicted molar refractivity (Wildman–Crippen MR) is 166 cm³/mol. The van der Waals surface area contributed by atoms with Crippen LogP contribution in [0, 0.1) is 11.3 Å². The molecule has 3 aliphatic heterocycles. The summed E-state index contributed by atoms with van der Waals surface area (Å²) in [4.78, 5) is 28.2. The number of ether oxygens (including phenoxy) is 3. The molecule has 3 aliphatic rings. The first-order valence-corrected chi connectivity index (χ1v) is 15.8. The van der Waals surface area contributed by atoms with Gasteiger partial charge in [0.25, 0.3) is 0 Å². The van der Waals surface area contributed by atoms with Gasteiger partial charge in [-0.1, -0.05) is 19.6 Å². The summed E-state index contributed by atoms with van der Waals surface area (Å²) in [5.41, 5.74) is 0.254. The monoisotopic (exact) mass is 683 g/mol. The van der Waals surface area contributed by atoms with Crippen molar-refractivity contribution in [2.75, 3.05) is 57.8 Å². The van der Waals surface area contributed by atoms with Crippen LogP contribution in [0.2, 0.25) is 0 Å². The summed E-state index contributed by atoms with van der Waals surface area (Å²) in [7, 11) is 2.06. The Bertz CT molecular complexity index is 1400. The molecule has 0 N–H and O–H groups in total. The van der Waals surface area contributed by atoms with Gasteiger partial charge in [-0.05, 0) is 74.6 Å². The standard InChI is InChI=1S/C31H41BrF3N5O4/c1-7-20-14-21-24(25(23(20)32)42-18-31(33,34)35)36-27(43-22-8-11-38(6)15-19(22)2)37-26(21)39-12-9-30(10-13-39)16-40(17-30)28(41)44-29(3,4)5/h7,14,19,22H,1,8-13,15-18H2,2-6H3. The number of hydrogen-bond donors (Lipinski definition) is 0. The number of nitrogens with zero attached hydrogens (tertiary/aromatic N) is 5. The highest BCUT2D eigenvalue weighted by Gasteiger charge is 2.48. The largest absolute Gasteiger partial charge is 0.481 e. The summed E-state index contributed by atoms with van der Waals surface area (Å²) in [6.45, 7) is 14.3. The Morgan fingerprint density at radius 3 is 2.45 bits per heavy atom. The van der Waals surface area contributed by atoms with Gasteiger partial charge in [-0.15, -0.1) is 0 Å². The second-order valence-corrected chi connectivity index (χ2v) is 14.2. The molecule has 1 aromatic heterocycles. The number of aromatic nitrogens is 2. The van der Waals surface area contributed by atoms with Crippen LogP contribution in [0.25, 0.3) is 17.0 Å². The molecule has 0 bridgehead atoms. The Kier molecular flexibility index (Phi) is 9.03. The molecule has 5 rings (SSSR count). The van der Waals surface area contributed by atoms with Gasteiger partial charge in [0, 0.05) is 56.0 Å². The molecule has 0 saturated carbocycles. The number of carbonyl (C=O) groups excluding carboxylic acids is 1. The van der Waals surface area contributed by atoms with Crippen LogP contribution in [-0.2, 0) is 4.74 Å². The van der Waals surface area contributed by atoms with Crippen molar-refractivity contribution in [3.8, 4) is 11.8 Å². The summed E-state index contributed by atoms with van der Waals surface area (Å²) in [6, 6.07) is 1.94. The molecule has 3 fully saturated rings. The SMILES string of the molecule is C=Cc1cc2c(N3CCC4(CC3)CN(C(=O)OC(C)(C)C)C4)nc(OC3CCN(C)CC3C)nc2c(OCC(F)(F)F)c1Br. The van der Waals surface area contributed by atoms with Crippen molar-refractivity contribution in [1.82, 2.24) is 19.8 Å². The van der Waals surface area contributed by atoms with Crippen LogP contribution >= 0.6 is 15.9 Å². The summed E-state index contributed by atoms with van der Waals surface area (Å²) < 4.78 is 57.5. The first-order valence-electron chi connectivity index (χ1n) is 15.0. The Hall–Kier alpha value is -2.80. The number of carbonyl (C=O) groups is 1. The summed E-state index contributed by atoms with van der Waals surface area (Å²) >= 11 is 3.43. The molecule has 2 aromatic rings. The fourth-order valence-corrected chi connectivity index (χ4v) is 6.88. The zero-order valence-electron chi connectivity index (χ0n) is 26.0. The molecule has 3 saturated heterocycles. The quantitative estimate of drug-likeness (QED) is 0.340. The minimum Gasteiger partial charge on any atom is -0.481 e. The van der Waals surface area contributed by atoms with Gasteiger partial charge in [0.15, 0.2) is 12.4 Å². The molecule has 4 heterocycles. The van der Waals surface area contributed by atoms with E-state index in [-0.39, 0.29) is 40.8 Å². The second kappa shape index (κ2) is 12.2. The molecule has 2 atom stereocenters. The third-order valence-electron chi connectivity index (χ3n) is 8.59. The normalized spacial score (nSPS) is 22.6. The Morgan fingerprint density at radius 2 is 1.86 bits per heavy atom. The number of hydrogen-bond acceptors (Lipinski definition) is 8. The number of piperidine rings is 2. The lowest BCUT2D eigenvalue weighted by Crippen LogP contribution is -2.62. The lowest BCUT2D eigenvalue weighted by atomic mass is 9.72. The van der Waals surface area contributed by atoms with E-state index in [1.54, 1.807) is 11.0 Å². The number of anilines is 1. The van der Waals surface area contributed by atoms with Crippen molar-refractivity contribution in [2.45, 2.75) is 64.8 Å². The highest BCUT2D eigenvalue weighted by molar-refractivity contribution is 9.10. The number of likely N-dealkylation sites (tertiary alicyclic amines) is 2. The van der Waals surface area contributed by atoms with Gasteiger partial charge < -0.3 is 28.9 Å². The van der Waals surface area contributed by atoms with E-state index in [4.69, 9.17) is 19.2 Å². The van der Waals surface area contributed by atoms with Gasteiger partial charge in [0.05, 0.1) is 4.47 Å². The average molecular weight is 685 g/mol. The van der Waals surface area contributed by atoms with E-state index in [9.17, 15) is 18.0 Å². The molecule has 242 valence electrons. The van der Waals surface area contributed by atoms with E-state index in [2.05, 4.69) is 51.3 Å². The maximum atomic E-state index is 13.3. The first kappa shape index (κ1) is 32.6. The predicted octanol–water partition coefficient (Wildman–Crippen LogP) is 6.53. The van der Waals surface area contributed by atoms with Gasteiger partial charge in [-0.3, -0.25) is 0 Å².